The Morgan fingerprint density at radius 3 is 2.77 bits per heavy atom. The minimum Gasteiger partial charge on any atom is -0.489 e. The van der Waals surface area contributed by atoms with Gasteiger partial charge in [-0.25, -0.2) is 15.0 Å². The van der Waals surface area contributed by atoms with Crippen LogP contribution in [0.5, 0.6) is 5.75 Å². The average Bonchev–Trinajstić information content (AvgIpc) is 3.20. The van der Waals surface area contributed by atoms with Gasteiger partial charge in [0.2, 0.25) is 0 Å². The van der Waals surface area contributed by atoms with Crippen LogP contribution in [0.4, 0.5) is 17.2 Å². The number of nitrogens with two attached hydrogens (primary N) is 1. The third kappa shape index (κ3) is 4.43. The molecule has 2 aromatic heterocycles. The Balaban J connectivity index is 1.70. The van der Waals surface area contributed by atoms with Gasteiger partial charge >= 0.3 is 0 Å². The first kappa shape index (κ1) is 21.0. The van der Waals surface area contributed by atoms with E-state index in [2.05, 4.69) is 20.3 Å². The Hall–Kier alpha value is -3.27. The standard InChI is InChI=1S/C21H25N7O2S/c1-12(2)30-16-9-14(23)13(10-22)8-15(16)26-18-17-19(25-11-24-18)31-20(27-17)21(29)28-6-4-3-5-7-28/h8-12,22H,3-7,23H2,1-2H3,(H,24,25,26). The number of ether oxygens (including phenoxy) is 1. The molecule has 9 nitrogen and oxygen atoms in total. The molecular weight excluding hydrogens is 414 g/mol. The van der Waals surface area contributed by atoms with Gasteiger partial charge < -0.3 is 26.1 Å². The zero-order valence-corrected chi connectivity index (χ0v) is 18.3. The van der Waals surface area contributed by atoms with Gasteiger partial charge in [0, 0.05) is 36.6 Å². The second kappa shape index (κ2) is 8.84. The Labute approximate surface area is 184 Å². The van der Waals surface area contributed by atoms with Crippen LogP contribution in [-0.4, -0.2) is 51.2 Å². The van der Waals surface area contributed by atoms with E-state index in [0.29, 0.717) is 43.9 Å². The van der Waals surface area contributed by atoms with E-state index in [-0.39, 0.29) is 12.0 Å². The minimum atomic E-state index is -0.0655. The van der Waals surface area contributed by atoms with Crippen molar-refractivity contribution in [3.05, 3.63) is 29.0 Å². The molecule has 1 saturated heterocycles. The minimum absolute atomic E-state index is 0.0592. The largest absolute Gasteiger partial charge is 0.489 e. The van der Waals surface area contributed by atoms with Gasteiger partial charge in [0.25, 0.3) is 5.91 Å². The molecule has 10 heteroatoms. The topological polar surface area (TPSA) is 130 Å². The maximum absolute atomic E-state index is 12.9. The first-order valence-corrected chi connectivity index (χ1v) is 11.1. The van der Waals surface area contributed by atoms with Crippen LogP contribution >= 0.6 is 11.3 Å². The maximum Gasteiger partial charge on any atom is 0.282 e. The quantitative estimate of drug-likeness (QED) is 0.393. The molecule has 0 unspecified atom stereocenters. The van der Waals surface area contributed by atoms with E-state index >= 15 is 0 Å². The van der Waals surface area contributed by atoms with Crippen LogP contribution in [-0.2, 0) is 0 Å². The summed E-state index contributed by atoms with van der Waals surface area (Å²) in [4.78, 5) is 28.6. The Morgan fingerprint density at radius 2 is 2.06 bits per heavy atom. The van der Waals surface area contributed by atoms with Crippen molar-refractivity contribution in [2.45, 2.75) is 39.2 Å². The third-order valence-electron chi connectivity index (χ3n) is 4.98. The van der Waals surface area contributed by atoms with Gasteiger partial charge in [-0.05, 0) is 39.2 Å². The number of carbonyl (C=O) groups is 1. The van der Waals surface area contributed by atoms with E-state index in [1.165, 1.54) is 23.9 Å². The van der Waals surface area contributed by atoms with E-state index in [1.807, 2.05) is 18.7 Å². The number of carbonyl (C=O) groups excluding carboxylic acids is 1. The van der Waals surface area contributed by atoms with E-state index in [4.69, 9.17) is 15.9 Å². The normalized spacial score (nSPS) is 14.1. The molecule has 0 radical (unpaired) electrons. The molecule has 1 amide bonds. The number of likely N-dealkylation sites (tertiary alicyclic amines) is 1. The number of anilines is 3. The summed E-state index contributed by atoms with van der Waals surface area (Å²) in [6.07, 6.45) is 5.76. The number of rotatable bonds is 6. The summed E-state index contributed by atoms with van der Waals surface area (Å²) < 4.78 is 5.89. The zero-order valence-electron chi connectivity index (χ0n) is 17.5. The van der Waals surface area contributed by atoms with Crippen LogP contribution in [0.15, 0.2) is 18.5 Å². The van der Waals surface area contributed by atoms with Crippen molar-refractivity contribution in [1.82, 2.24) is 19.9 Å². The molecule has 4 N–H and O–H groups in total. The monoisotopic (exact) mass is 439 g/mol. The molecule has 4 rings (SSSR count). The molecule has 1 aromatic carbocycles. The number of benzene rings is 1. The van der Waals surface area contributed by atoms with Gasteiger partial charge in [-0.3, -0.25) is 4.79 Å². The number of aromatic nitrogens is 3. The number of nitrogen functional groups attached to an aromatic ring is 1. The lowest BCUT2D eigenvalue weighted by atomic mass is 10.1. The summed E-state index contributed by atoms with van der Waals surface area (Å²) in [5, 5.41) is 11.3. The van der Waals surface area contributed by atoms with Gasteiger partial charge in [-0.15, -0.1) is 0 Å². The Bertz CT molecular complexity index is 1120. The second-order valence-electron chi connectivity index (χ2n) is 7.66. The smallest absolute Gasteiger partial charge is 0.282 e. The molecule has 31 heavy (non-hydrogen) atoms. The molecule has 0 atom stereocenters. The molecule has 162 valence electrons. The molecule has 1 aliphatic rings. The fourth-order valence-electron chi connectivity index (χ4n) is 3.48. The van der Waals surface area contributed by atoms with E-state index in [1.54, 1.807) is 12.1 Å². The zero-order chi connectivity index (χ0) is 22.0. The van der Waals surface area contributed by atoms with E-state index in [9.17, 15) is 4.79 Å². The fourth-order valence-corrected chi connectivity index (χ4v) is 4.36. The second-order valence-corrected chi connectivity index (χ2v) is 8.64. The molecule has 3 aromatic rings. The molecule has 1 aliphatic heterocycles. The Kier molecular flexibility index (Phi) is 5.99. The predicted octanol–water partition coefficient (Wildman–Crippen LogP) is 3.82. The van der Waals surface area contributed by atoms with Crippen LogP contribution in [0.2, 0.25) is 0 Å². The van der Waals surface area contributed by atoms with Crippen molar-refractivity contribution in [2.24, 2.45) is 0 Å². The average molecular weight is 440 g/mol. The number of piperidine rings is 1. The SMILES string of the molecule is CC(C)Oc1cc(N)c(C=N)cc1Nc1ncnc2sc(C(=O)N3CCCCC3)nc12. The summed E-state index contributed by atoms with van der Waals surface area (Å²) in [5.74, 6) is 0.953. The van der Waals surface area contributed by atoms with Crippen LogP contribution in [0.1, 0.15) is 48.5 Å². The lowest BCUT2D eigenvalue weighted by Crippen LogP contribution is -2.35. The van der Waals surface area contributed by atoms with E-state index < -0.39 is 0 Å². The third-order valence-corrected chi connectivity index (χ3v) is 5.93. The molecule has 0 aliphatic carbocycles. The highest BCUT2D eigenvalue weighted by Gasteiger charge is 2.23. The number of hydrogen-bond donors (Lipinski definition) is 3. The number of nitrogens with zero attached hydrogens (tertiary/aromatic N) is 4. The van der Waals surface area contributed by atoms with Crippen molar-refractivity contribution >= 4 is 51.0 Å². The van der Waals surface area contributed by atoms with Crippen molar-refractivity contribution in [2.75, 3.05) is 24.1 Å². The van der Waals surface area contributed by atoms with Crippen LogP contribution < -0.4 is 15.8 Å². The first-order chi connectivity index (χ1) is 15.0. The number of hydrogen-bond acceptors (Lipinski definition) is 9. The summed E-state index contributed by atoms with van der Waals surface area (Å²) in [7, 11) is 0. The van der Waals surface area contributed by atoms with Gasteiger partial charge in [0.1, 0.15) is 22.4 Å². The predicted molar refractivity (Wildman–Crippen MR) is 123 cm³/mol. The van der Waals surface area contributed by atoms with Gasteiger partial charge in [-0.2, -0.15) is 0 Å². The van der Waals surface area contributed by atoms with Gasteiger partial charge in [0.15, 0.2) is 10.8 Å². The van der Waals surface area contributed by atoms with Crippen molar-refractivity contribution in [1.29, 1.82) is 5.41 Å². The van der Waals surface area contributed by atoms with Gasteiger partial charge in [-0.1, -0.05) is 11.3 Å². The van der Waals surface area contributed by atoms with E-state index in [0.717, 1.165) is 32.4 Å². The first-order valence-electron chi connectivity index (χ1n) is 10.2. The molecule has 3 heterocycles. The number of thiazole rings is 1. The van der Waals surface area contributed by atoms with Crippen molar-refractivity contribution in [3.63, 3.8) is 0 Å². The maximum atomic E-state index is 12.9. The highest BCUT2D eigenvalue weighted by Crippen LogP contribution is 2.35. The molecular formula is C21H25N7O2S. The molecule has 0 bridgehead atoms. The molecule has 0 saturated carbocycles. The highest BCUT2D eigenvalue weighted by atomic mass is 32.1. The summed E-state index contributed by atoms with van der Waals surface area (Å²) >= 11 is 1.27. The molecule has 0 spiro atoms. The van der Waals surface area contributed by atoms with Crippen LogP contribution in [0.3, 0.4) is 0 Å². The molecule has 1 fully saturated rings. The summed E-state index contributed by atoms with van der Waals surface area (Å²) in [6.45, 7) is 5.37. The summed E-state index contributed by atoms with van der Waals surface area (Å²) in [6, 6.07) is 3.42. The van der Waals surface area contributed by atoms with Crippen LogP contribution in [0, 0.1) is 5.41 Å². The number of amides is 1. The highest BCUT2D eigenvalue weighted by molar-refractivity contribution is 7.19. The lowest BCUT2D eigenvalue weighted by molar-refractivity contribution is 0.0724. The van der Waals surface area contributed by atoms with Crippen molar-refractivity contribution in [3.8, 4) is 5.75 Å². The number of nitrogens with one attached hydrogen (secondary N) is 2. The Morgan fingerprint density at radius 1 is 1.29 bits per heavy atom. The van der Waals surface area contributed by atoms with Crippen molar-refractivity contribution < 1.29 is 9.53 Å². The van der Waals surface area contributed by atoms with Gasteiger partial charge in [0.05, 0.1) is 11.8 Å². The summed E-state index contributed by atoms with van der Waals surface area (Å²) in [5.41, 5.74) is 8.17. The lowest BCUT2D eigenvalue weighted by Gasteiger charge is -2.25. The van der Waals surface area contributed by atoms with Crippen LogP contribution in [0.25, 0.3) is 10.3 Å². The fraction of sp³-hybridized carbons (Fsp3) is 0.381. The number of fused-ring (bicyclic) bond motifs is 1.